The average molecular weight is 444 g/mol. The summed E-state index contributed by atoms with van der Waals surface area (Å²) in [5.41, 5.74) is 1.97. The number of hydrogen-bond acceptors (Lipinski definition) is 5. The minimum atomic E-state index is -3.50. The molecule has 0 radical (unpaired) electrons. The van der Waals surface area contributed by atoms with E-state index >= 15 is 0 Å². The zero-order valence-corrected chi connectivity index (χ0v) is 18.6. The molecular formula is C23H29N3O4S. The molecule has 0 aromatic heterocycles. The highest BCUT2D eigenvalue weighted by molar-refractivity contribution is 7.89. The topological polar surface area (TPSA) is 78.9 Å². The molecule has 4 rings (SSSR count). The lowest BCUT2D eigenvalue weighted by molar-refractivity contribution is -0.135. The molecular weight excluding hydrogens is 414 g/mol. The predicted molar refractivity (Wildman–Crippen MR) is 118 cm³/mol. The van der Waals surface area contributed by atoms with Gasteiger partial charge in [0.2, 0.25) is 10.0 Å². The summed E-state index contributed by atoms with van der Waals surface area (Å²) in [6.07, 6.45) is 1.78. The molecule has 2 fully saturated rings. The van der Waals surface area contributed by atoms with Crippen molar-refractivity contribution in [3.05, 3.63) is 59.7 Å². The van der Waals surface area contributed by atoms with Gasteiger partial charge in [0, 0.05) is 38.8 Å². The monoisotopic (exact) mass is 443 g/mol. The van der Waals surface area contributed by atoms with Crippen molar-refractivity contribution in [2.45, 2.75) is 37.2 Å². The van der Waals surface area contributed by atoms with Crippen LogP contribution in [0.25, 0.3) is 0 Å². The Balaban J connectivity index is 1.26. The molecule has 31 heavy (non-hydrogen) atoms. The Hall–Kier alpha value is -2.42. The molecule has 1 saturated heterocycles. The maximum absolute atomic E-state index is 12.6. The van der Waals surface area contributed by atoms with Crippen molar-refractivity contribution in [1.82, 2.24) is 14.5 Å². The van der Waals surface area contributed by atoms with E-state index in [-0.39, 0.29) is 23.5 Å². The maximum atomic E-state index is 12.6. The number of rotatable bonds is 8. The maximum Gasteiger partial charge on any atom is 0.260 e. The number of nitrogens with zero attached hydrogens (tertiary/aromatic N) is 2. The molecule has 7 nitrogen and oxygen atoms in total. The molecule has 0 atom stereocenters. The molecule has 2 aromatic rings. The van der Waals surface area contributed by atoms with Crippen LogP contribution < -0.4 is 9.46 Å². The van der Waals surface area contributed by atoms with Gasteiger partial charge in [0.15, 0.2) is 6.61 Å². The number of piperazine rings is 1. The summed E-state index contributed by atoms with van der Waals surface area (Å²) in [5, 5.41) is 0. The first-order valence-electron chi connectivity index (χ1n) is 10.7. The number of carbonyl (C=O) groups excluding carboxylic acids is 1. The van der Waals surface area contributed by atoms with E-state index in [0.717, 1.165) is 32.5 Å². The number of aryl methyl sites for hydroxylation is 1. The second-order valence-corrected chi connectivity index (χ2v) is 9.97. The van der Waals surface area contributed by atoms with Crippen LogP contribution in [0, 0.1) is 6.92 Å². The molecule has 8 heteroatoms. The van der Waals surface area contributed by atoms with E-state index in [0.29, 0.717) is 24.4 Å². The normalized spacial score (nSPS) is 17.5. The van der Waals surface area contributed by atoms with Crippen LogP contribution in [0.15, 0.2) is 53.4 Å². The molecule has 1 heterocycles. The van der Waals surface area contributed by atoms with Crippen LogP contribution in [-0.2, 0) is 21.4 Å². The third-order valence-electron chi connectivity index (χ3n) is 5.68. The van der Waals surface area contributed by atoms with Crippen molar-refractivity contribution in [3.8, 4) is 5.75 Å². The minimum absolute atomic E-state index is 0.0497. The Morgan fingerprint density at radius 3 is 2.42 bits per heavy atom. The lowest BCUT2D eigenvalue weighted by Gasteiger charge is -2.34. The van der Waals surface area contributed by atoms with Crippen LogP contribution in [0.1, 0.15) is 24.0 Å². The standard InChI is InChI=1S/C23H29N3O4S/c1-18-15-21(31(28,29)24-20-7-8-20)9-10-22(18)30-17-23(27)26-13-11-25(12-14-26)16-19-5-3-2-4-6-19/h2-6,9-10,15,20,24H,7-8,11-14,16-17H2,1H3. The molecule has 1 saturated carbocycles. The van der Waals surface area contributed by atoms with Gasteiger partial charge in [-0.2, -0.15) is 0 Å². The minimum Gasteiger partial charge on any atom is -0.483 e. The third kappa shape index (κ3) is 5.84. The van der Waals surface area contributed by atoms with Crippen molar-refractivity contribution in [1.29, 1.82) is 0 Å². The van der Waals surface area contributed by atoms with Crippen molar-refractivity contribution in [3.63, 3.8) is 0 Å². The summed E-state index contributed by atoms with van der Waals surface area (Å²) < 4.78 is 33.1. The van der Waals surface area contributed by atoms with Gasteiger partial charge in [-0.15, -0.1) is 0 Å². The van der Waals surface area contributed by atoms with Gasteiger partial charge in [0.1, 0.15) is 5.75 Å². The van der Waals surface area contributed by atoms with Crippen LogP contribution in [-0.4, -0.2) is 63.0 Å². The summed E-state index contributed by atoms with van der Waals surface area (Å²) in [4.78, 5) is 17.0. The van der Waals surface area contributed by atoms with Gasteiger partial charge < -0.3 is 9.64 Å². The number of sulfonamides is 1. The number of benzene rings is 2. The van der Waals surface area contributed by atoms with E-state index < -0.39 is 10.0 Å². The fraction of sp³-hybridized carbons (Fsp3) is 0.435. The fourth-order valence-electron chi connectivity index (χ4n) is 3.67. The smallest absolute Gasteiger partial charge is 0.260 e. The van der Waals surface area contributed by atoms with Crippen LogP contribution in [0.4, 0.5) is 0 Å². The predicted octanol–water partition coefficient (Wildman–Crippen LogP) is 2.16. The van der Waals surface area contributed by atoms with Gasteiger partial charge in [-0.05, 0) is 49.1 Å². The zero-order valence-electron chi connectivity index (χ0n) is 17.8. The third-order valence-corrected chi connectivity index (χ3v) is 7.20. The first-order chi connectivity index (χ1) is 14.9. The van der Waals surface area contributed by atoms with Crippen LogP contribution in [0.5, 0.6) is 5.75 Å². The van der Waals surface area contributed by atoms with Gasteiger partial charge in [-0.3, -0.25) is 9.69 Å². The SMILES string of the molecule is Cc1cc(S(=O)(=O)NC2CC2)ccc1OCC(=O)N1CCN(Cc2ccccc2)CC1. The van der Waals surface area contributed by atoms with E-state index in [2.05, 4.69) is 21.8 Å². The molecule has 2 aromatic carbocycles. The summed E-state index contributed by atoms with van der Waals surface area (Å²) in [6, 6.07) is 15.1. The Morgan fingerprint density at radius 2 is 1.77 bits per heavy atom. The van der Waals surface area contributed by atoms with Crippen LogP contribution in [0.3, 0.4) is 0 Å². The lowest BCUT2D eigenvalue weighted by atomic mass is 10.2. The summed E-state index contributed by atoms with van der Waals surface area (Å²) in [5.74, 6) is 0.479. The van der Waals surface area contributed by atoms with Crippen molar-refractivity contribution in [2.75, 3.05) is 32.8 Å². The highest BCUT2D eigenvalue weighted by Gasteiger charge is 2.28. The number of ether oxygens (including phenoxy) is 1. The molecule has 1 amide bonds. The highest BCUT2D eigenvalue weighted by atomic mass is 32.2. The molecule has 1 aliphatic heterocycles. The Labute approximate surface area is 184 Å². The first-order valence-corrected chi connectivity index (χ1v) is 12.2. The molecule has 0 unspecified atom stereocenters. The zero-order chi connectivity index (χ0) is 21.8. The van der Waals surface area contributed by atoms with Crippen molar-refractivity contribution in [2.24, 2.45) is 0 Å². The van der Waals surface area contributed by atoms with Gasteiger partial charge in [-0.25, -0.2) is 13.1 Å². The van der Waals surface area contributed by atoms with Crippen LogP contribution in [0.2, 0.25) is 0 Å². The molecule has 166 valence electrons. The Kier molecular flexibility index (Phi) is 6.60. The summed E-state index contributed by atoms with van der Waals surface area (Å²) in [6.45, 7) is 5.66. The van der Waals surface area contributed by atoms with Crippen molar-refractivity contribution < 1.29 is 17.9 Å². The lowest BCUT2D eigenvalue weighted by Crippen LogP contribution is -2.49. The van der Waals surface area contributed by atoms with E-state index in [1.807, 2.05) is 23.1 Å². The van der Waals surface area contributed by atoms with Gasteiger partial charge in [0.25, 0.3) is 5.91 Å². The largest absolute Gasteiger partial charge is 0.483 e. The Morgan fingerprint density at radius 1 is 1.06 bits per heavy atom. The fourth-order valence-corrected chi connectivity index (χ4v) is 5.06. The van der Waals surface area contributed by atoms with E-state index in [1.54, 1.807) is 19.1 Å². The average Bonchev–Trinajstić information content (AvgIpc) is 3.57. The summed E-state index contributed by atoms with van der Waals surface area (Å²) in [7, 11) is -3.50. The molecule has 2 aliphatic rings. The quantitative estimate of drug-likeness (QED) is 0.677. The van der Waals surface area contributed by atoms with Crippen molar-refractivity contribution >= 4 is 15.9 Å². The Bertz CT molecular complexity index is 1010. The molecule has 0 bridgehead atoms. The number of amides is 1. The van der Waals surface area contributed by atoms with E-state index in [4.69, 9.17) is 4.74 Å². The summed E-state index contributed by atoms with van der Waals surface area (Å²) >= 11 is 0. The molecule has 1 N–H and O–H groups in total. The van der Waals surface area contributed by atoms with E-state index in [1.165, 1.54) is 11.6 Å². The van der Waals surface area contributed by atoms with Crippen LogP contribution >= 0.6 is 0 Å². The number of carbonyl (C=O) groups is 1. The second-order valence-electron chi connectivity index (χ2n) is 8.25. The van der Waals surface area contributed by atoms with Gasteiger partial charge in [-0.1, -0.05) is 30.3 Å². The van der Waals surface area contributed by atoms with Gasteiger partial charge in [0.05, 0.1) is 4.90 Å². The molecule has 0 spiro atoms. The number of hydrogen-bond donors (Lipinski definition) is 1. The van der Waals surface area contributed by atoms with E-state index in [9.17, 15) is 13.2 Å². The molecule has 1 aliphatic carbocycles. The highest BCUT2D eigenvalue weighted by Crippen LogP contribution is 2.25. The number of nitrogens with one attached hydrogen (secondary N) is 1. The second kappa shape index (κ2) is 9.38. The first kappa shape index (κ1) is 21.8. The van der Waals surface area contributed by atoms with Gasteiger partial charge >= 0.3 is 0 Å².